The molecule has 0 aliphatic heterocycles. The molecule has 0 heterocycles. The van der Waals surface area contributed by atoms with Crippen molar-refractivity contribution in [1.29, 1.82) is 0 Å². The van der Waals surface area contributed by atoms with E-state index in [1.54, 1.807) is 28.4 Å². The Hall–Kier alpha value is -6.18. The van der Waals surface area contributed by atoms with Crippen LogP contribution in [0.15, 0.2) is 168 Å². The minimum atomic E-state index is 0.811. The van der Waals surface area contributed by atoms with E-state index in [4.69, 9.17) is 18.9 Å². The Balaban J connectivity index is 1.19. The van der Waals surface area contributed by atoms with Crippen molar-refractivity contribution < 1.29 is 18.9 Å². The normalized spacial score (nSPS) is 10.7. The number of rotatable bonds is 12. The zero-order valence-corrected chi connectivity index (χ0v) is 31.6. The van der Waals surface area contributed by atoms with Gasteiger partial charge in [0.1, 0.15) is 23.0 Å². The highest BCUT2D eigenvalue weighted by Gasteiger charge is 2.16. The molecule has 7 rings (SSSR count). The highest BCUT2D eigenvalue weighted by atomic mass is 79.9. The number of benzene rings is 7. The number of hydrogen-bond acceptors (Lipinski definition) is 6. The molecule has 264 valence electrons. The minimum Gasteiger partial charge on any atom is -0.497 e. The summed E-state index contributed by atoms with van der Waals surface area (Å²) in [7, 11) is 6.72. The van der Waals surface area contributed by atoms with Gasteiger partial charge >= 0.3 is 0 Å². The van der Waals surface area contributed by atoms with Crippen LogP contribution in [0.25, 0.3) is 22.3 Å². The third kappa shape index (κ3) is 7.86. The van der Waals surface area contributed by atoms with Gasteiger partial charge in [-0.1, -0.05) is 40.2 Å². The van der Waals surface area contributed by atoms with Gasteiger partial charge in [0.05, 0.1) is 28.4 Å². The van der Waals surface area contributed by atoms with E-state index >= 15 is 0 Å². The van der Waals surface area contributed by atoms with Gasteiger partial charge in [-0.3, -0.25) is 0 Å². The van der Waals surface area contributed by atoms with Gasteiger partial charge < -0.3 is 28.7 Å². The van der Waals surface area contributed by atoms with Crippen LogP contribution in [0.5, 0.6) is 23.0 Å². The SMILES string of the molecule is COc1ccc(N(c2ccc(OC)cc2)c2ccc(-c3cc(Br)cc(-c4ccc(N(c5ccc(OC)cc5)c5ccc(OC)cc5)cc4)c3)cc2)cc1. The molecule has 0 bridgehead atoms. The maximum atomic E-state index is 5.42. The van der Waals surface area contributed by atoms with E-state index in [1.807, 2.05) is 48.5 Å². The molecule has 7 aromatic carbocycles. The zero-order valence-electron chi connectivity index (χ0n) is 30.0. The summed E-state index contributed by atoms with van der Waals surface area (Å²) >= 11 is 3.79. The minimum absolute atomic E-state index is 0.811. The molecule has 0 unspecified atom stereocenters. The highest BCUT2D eigenvalue weighted by Crippen LogP contribution is 2.40. The van der Waals surface area contributed by atoms with E-state index in [1.165, 1.54) is 0 Å². The second-order valence-electron chi connectivity index (χ2n) is 12.3. The predicted octanol–water partition coefficient (Wildman–Crippen LogP) is 12.8. The lowest BCUT2D eigenvalue weighted by molar-refractivity contribution is 0.414. The van der Waals surface area contributed by atoms with Crippen LogP contribution in [0.3, 0.4) is 0 Å². The summed E-state index contributed by atoms with van der Waals surface area (Å²) in [4.78, 5) is 4.44. The lowest BCUT2D eigenvalue weighted by atomic mass is 9.98. The van der Waals surface area contributed by atoms with Crippen molar-refractivity contribution in [3.05, 3.63) is 168 Å². The van der Waals surface area contributed by atoms with Gasteiger partial charge in [0.2, 0.25) is 0 Å². The van der Waals surface area contributed by atoms with E-state index in [-0.39, 0.29) is 0 Å². The van der Waals surface area contributed by atoms with Gasteiger partial charge in [0.15, 0.2) is 0 Å². The molecule has 0 aliphatic rings. The average Bonchev–Trinajstić information content (AvgIpc) is 3.22. The molecule has 0 amide bonds. The second-order valence-corrected chi connectivity index (χ2v) is 13.2. The predicted molar refractivity (Wildman–Crippen MR) is 221 cm³/mol. The molecule has 0 aliphatic carbocycles. The number of anilines is 6. The third-order valence-electron chi connectivity index (χ3n) is 9.14. The molecule has 53 heavy (non-hydrogen) atoms. The van der Waals surface area contributed by atoms with Crippen LogP contribution >= 0.6 is 15.9 Å². The second kappa shape index (κ2) is 16.0. The van der Waals surface area contributed by atoms with Crippen molar-refractivity contribution in [2.45, 2.75) is 0 Å². The molecule has 7 heteroatoms. The Kier molecular flexibility index (Phi) is 10.6. The highest BCUT2D eigenvalue weighted by molar-refractivity contribution is 9.10. The summed E-state index contributed by atoms with van der Waals surface area (Å²) in [6.07, 6.45) is 0. The van der Waals surface area contributed by atoms with Crippen molar-refractivity contribution in [3.8, 4) is 45.3 Å². The van der Waals surface area contributed by atoms with Gasteiger partial charge in [-0.2, -0.15) is 0 Å². The van der Waals surface area contributed by atoms with Crippen molar-refractivity contribution in [1.82, 2.24) is 0 Å². The van der Waals surface area contributed by atoms with Crippen LogP contribution in [0.4, 0.5) is 34.1 Å². The van der Waals surface area contributed by atoms with Crippen molar-refractivity contribution >= 4 is 50.1 Å². The van der Waals surface area contributed by atoms with Crippen LogP contribution in [-0.2, 0) is 0 Å². The quantitative estimate of drug-likeness (QED) is 0.123. The molecular formula is C46H39BrN2O4. The van der Waals surface area contributed by atoms with Gasteiger partial charge in [0.25, 0.3) is 0 Å². The van der Waals surface area contributed by atoms with E-state index in [0.717, 1.165) is 83.8 Å². The molecule has 0 aromatic heterocycles. The van der Waals surface area contributed by atoms with Gasteiger partial charge in [0, 0.05) is 38.6 Å². The number of halogens is 1. The van der Waals surface area contributed by atoms with Crippen molar-refractivity contribution in [3.63, 3.8) is 0 Å². The summed E-state index contributed by atoms with van der Waals surface area (Å²) in [6, 6.07) is 56.2. The van der Waals surface area contributed by atoms with E-state index in [2.05, 4.69) is 141 Å². The molecule has 0 radical (unpaired) electrons. The van der Waals surface area contributed by atoms with E-state index in [0.29, 0.717) is 0 Å². The summed E-state index contributed by atoms with van der Waals surface area (Å²) < 4.78 is 22.7. The van der Waals surface area contributed by atoms with Crippen molar-refractivity contribution in [2.24, 2.45) is 0 Å². The van der Waals surface area contributed by atoms with Crippen LogP contribution in [-0.4, -0.2) is 28.4 Å². The third-order valence-corrected chi connectivity index (χ3v) is 9.60. The first-order valence-corrected chi connectivity index (χ1v) is 17.9. The number of hydrogen-bond donors (Lipinski definition) is 0. The molecule has 0 fully saturated rings. The number of ether oxygens (including phenoxy) is 4. The Morgan fingerprint density at radius 3 is 0.755 bits per heavy atom. The molecule has 7 aromatic rings. The fourth-order valence-corrected chi connectivity index (χ4v) is 6.84. The summed E-state index contributed by atoms with van der Waals surface area (Å²) in [5, 5.41) is 0. The fraction of sp³-hybridized carbons (Fsp3) is 0.0870. The van der Waals surface area contributed by atoms with Crippen molar-refractivity contribution in [2.75, 3.05) is 38.2 Å². The van der Waals surface area contributed by atoms with Crippen LogP contribution in [0.1, 0.15) is 0 Å². The first kappa shape index (κ1) is 35.2. The molecule has 6 nitrogen and oxygen atoms in total. The Bertz CT molecular complexity index is 2000. The lowest BCUT2D eigenvalue weighted by Crippen LogP contribution is -2.09. The summed E-state index contributed by atoms with van der Waals surface area (Å²) in [5.74, 6) is 3.24. The molecular weight excluding hydrogens is 724 g/mol. The fourth-order valence-electron chi connectivity index (χ4n) is 6.35. The number of methoxy groups -OCH3 is 4. The summed E-state index contributed by atoms with van der Waals surface area (Å²) in [6.45, 7) is 0. The van der Waals surface area contributed by atoms with E-state index < -0.39 is 0 Å². The molecule has 0 atom stereocenters. The first-order chi connectivity index (χ1) is 26.0. The van der Waals surface area contributed by atoms with Crippen LogP contribution < -0.4 is 28.7 Å². The topological polar surface area (TPSA) is 43.4 Å². The standard InChI is InChI=1S/C46H39BrN2O4/c1-50-43-21-13-39(14-22-43)48(40-15-23-44(51-2)24-16-40)37-9-5-32(6-10-37)34-29-35(31-36(47)30-34)33-7-11-38(12-8-33)49(41-17-25-45(52-3)26-18-41)42-19-27-46(53-4)28-20-42/h5-31H,1-4H3. The lowest BCUT2D eigenvalue weighted by Gasteiger charge is -2.26. The van der Waals surface area contributed by atoms with Crippen LogP contribution in [0.2, 0.25) is 0 Å². The molecule has 0 spiro atoms. The Morgan fingerprint density at radius 2 is 0.528 bits per heavy atom. The van der Waals surface area contributed by atoms with E-state index in [9.17, 15) is 0 Å². The maximum Gasteiger partial charge on any atom is 0.119 e. The first-order valence-electron chi connectivity index (χ1n) is 17.1. The average molecular weight is 764 g/mol. The Labute approximate surface area is 319 Å². The largest absolute Gasteiger partial charge is 0.497 e. The molecule has 0 saturated carbocycles. The maximum absolute atomic E-state index is 5.42. The van der Waals surface area contributed by atoms with Crippen LogP contribution in [0, 0.1) is 0 Å². The zero-order chi connectivity index (χ0) is 36.7. The smallest absolute Gasteiger partial charge is 0.119 e. The van der Waals surface area contributed by atoms with Gasteiger partial charge in [-0.05, 0) is 162 Å². The monoisotopic (exact) mass is 762 g/mol. The number of nitrogens with zero attached hydrogens (tertiary/aromatic N) is 2. The van der Waals surface area contributed by atoms with Gasteiger partial charge in [-0.25, -0.2) is 0 Å². The summed E-state index contributed by atoms with van der Waals surface area (Å²) in [5.41, 5.74) is 10.6. The molecule has 0 saturated heterocycles. The van der Waals surface area contributed by atoms with Gasteiger partial charge in [-0.15, -0.1) is 0 Å². The molecule has 0 N–H and O–H groups in total. The Morgan fingerprint density at radius 1 is 0.302 bits per heavy atom.